The number of amides is 1. The molecule has 0 fully saturated rings. The van der Waals surface area contributed by atoms with Gasteiger partial charge in [0.25, 0.3) is 0 Å². The van der Waals surface area contributed by atoms with Gasteiger partial charge in [-0.2, -0.15) is 5.10 Å². The van der Waals surface area contributed by atoms with Gasteiger partial charge in [-0.15, -0.1) is 0 Å². The Labute approximate surface area is 140 Å². The first kappa shape index (κ1) is 14.8. The summed E-state index contributed by atoms with van der Waals surface area (Å²) in [4.78, 5) is 14.3. The Bertz CT molecular complexity index is 942. The maximum absolute atomic E-state index is 12.2. The molecule has 2 heterocycles. The average molecular weight is 320 g/mol. The van der Waals surface area contributed by atoms with E-state index in [4.69, 9.17) is 0 Å². The van der Waals surface area contributed by atoms with E-state index in [1.807, 2.05) is 32.4 Å². The maximum atomic E-state index is 12.2. The molecule has 1 aliphatic heterocycles. The maximum Gasteiger partial charge on any atom is 0.225 e. The predicted octanol–water partition coefficient (Wildman–Crippen LogP) is 3.41. The van der Waals surface area contributed by atoms with Crippen LogP contribution in [0.25, 0.3) is 10.9 Å². The molecule has 5 nitrogen and oxygen atoms in total. The number of H-pyrrole nitrogens is 1. The number of aromatic nitrogens is 2. The lowest BCUT2D eigenvalue weighted by Gasteiger charge is -2.28. The molecule has 0 spiro atoms. The molecule has 1 unspecified atom stereocenters. The van der Waals surface area contributed by atoms with Gasteiger partial charge >= 0.3 is 0 Å². The van der Waals surface area contributed by atoms with E-state index in [2.05, 4.69) is 45.5 Å². The molecule has 0 radical (unpaired) electrons. The number of benzene rings is 2. The van der Waals surface area contributed by atoms with E-state index < -0.39 is 0 Å². The zero-order valence-corrected chi connectivity index (χ0v) is 14.1. The Balaban J connectivity index is 1.91. The minimum Gasteiger partial charge on any atom is -0.378 e. The molecule has 0 aliphatic carbocycles. The Morgan fingerprint density at radius 1 is 1.21 bits per heavy atom. The second-order valence-corrected chi connectivity index (χ2v) is 6.60. The van der Waals surface area contributed by atoms with Gasteiger partial charge in [0.2, 0.25) is 5.91 Å². The van der Waals surface area contributed by atoms with Gasteiger partial charge in [-0.05, 0) is 42.3 Å². The smallest absolute Gasteiger partial charge is 0.225 e. The lowest BCUT2D eigenvalue weighted by Crippen LogP contribution is -2.24. The Morgan fingerprint density at radius 3 is 2.79 bits per heavy atom. The van der Waals surface area contributed by atoms with Gasteiger partial charge in [-0.25, -0.2) is 0 Å². The molecular weight excluding hydrogens is 300 g/mol. The Morgan fingerprint density at radius 2 is 2.04 bits per heavy atom. The zero-order chi connectivity index (χ0) is 16.8. The summed E-state index contributed by atoms with van der Waals surface area (Å²) in [6, 6.07) is 10.4. The first-order valence-corrected chi connectivity index (χ1v) is 8.08. The molecule has 1 amide bonds. The van der Waals surface area contributed by atoms with Crippen molar-refractivity contribution in [3.05, 3.63) is 53.2 Å². The number of fused-ring (bicyclic) bond motifs is 3. The van der Waals surface area contributed by atoms with Crippen molar-refractivity contribution < 1.29 is 4.79 Å². The van der Waals surface area contributed by atoms with Crippen LogP contribution in [-0.4, -0.2) is 30.2 Å². The fourth-order valence-corrected chi connectivity index (χ4v) is 3.59. The third-order valence-electron chi connectivity index (χ3n) is 4.81. The molecule has 3 aromatic rings. The topological polar surface area (TPSA) is 61.0 Å². The lowest BCUT2D eigenvalue weighted by molar-refractivity contribution is -0.116. The van der Waals surface area contributed by atoms with E-state index >= 15 is 0 Å². The van der Waals surface area contributed by atoms with Crippen molar-refractivity contribution >= 4 is 28.2 Å². The number of nitrogens with zero attached hydrogens (tertiary/aromatic N) is 2. The van der Waals surface area contributed by atoms with Crippen molar-refractivity contribution in [2.24, 2.45) is 0 Å². The molecule has 0 bridgehead atoms. The summed E-state index contributed by atoms with van der Waals surface area (Å²) in [7, 11) is 4.07. The third kappa shape index (κ3) is 2.24. The van der Waals surface area contributed by atoms with Gasteiger partial charge in [0, 0.05) is 48.8 Å². The fourth-order valence-electron chi connectivity index (χ4n) is 3.59. The highest BCUT2D eigenvalue weighted by Gasteiger charge is 2.30. The van der Waals surface area contributed by atoms with Crippen molar-refractivity contribution in [2.75, 3.05) is 24.3 Å². The molecule has 122 valence electrons. The van der Waals surface area contributed by atoms with E-state index in [9.17, 15) is 4.79 Å². The molecular formula is C19H20N4O. The van der Waals surface area contributed by atoms with E-state index in [1.165, 1.54) is 11.1 Å². The first-order chi connectivity index (χ1) is 11.5. The molecule has 1 aromatic heterocycles. The number of aromatic amines is 1. The molecule has 5 heteroatoms. The summed E-state index contributed by atoms with van der Waals surface area (Å²) >= 11 is 0. The highest BCUT2D eigenvalue weighted by Crippen LogP contribution is 2.42. The molecule has 24 heavy (non-hydrogen) atoms. The third-order valence-corrected chi connectivity index (χ3v) is 4.81. The lowest BCUT2D eigenvalue weighted by atomic mass is 9.82. The number of carbonyl (C=O) groups excluding carboxylic acids is 1. The van der Waals surface area contributed by atoms with E-state index in [-0.39, 0.29) is 11.8 Å². The molecule has 2 aromatic carbocycles. The largest absolute Gasteiger partial charge is 0.378 e. The van der Waals surface area contributed by atoms with Crippen LogP contribution in [0.3, 0.4) is 0 Å². The van der Waals surface area contributed by atoms with Crippen LogP contribution in [0.1, 0.15) is 29.0 Å². The van der Waals surface area contributed by atoms with Crippen LogP contribution in [0, 0.1) is 6.92 Å². The van der Waals surface area contributed by atoms with Crippen molar-refractivity contribution in [3.8, 4) is 0 Å². The SMILES string of the molecule is Cc1cc(N(C)C)ccc1C1CC(=O)Nc2ccc3cn[nH]c3c21. The molecule has 1 atom stereocenters. The van der Waals surface area contributed by atoms with Crippen LogP contribution in [0.5, 0.6) is 0 Å². The second kappa shape index (κ2) is 5.37. The number of aryl methyl sites for hydroxylation is 1. The first-order valence-electron chi connectivity index (χ1n) is 8.08. The summed E-state index contributed by atoms with van der Waals surface area (Å²) in [6.45, 7) is 2.11. The summed E-state index contributed by atoms with van der Waals surface area (Å²) in [6.07, 6.45) is 2.28. The van der Waals surface area contributed by atoms with Crippen molar-refractivity contribution in [2.45, 2.75) is 19.3 Å². The van der Waals surface area contributed by atoms with Crippen molar-refractivity contribution in [1.29, 1.82) is 0 Å². The molecule has 4 rings (SSSR count). The summed E-state index contributed by atoms with van der Waals surface area (Å²) in [5.41, 5.74) is 6.57. The monoisotopic (exact) mass is 320 g/mol. The van der Waals surface area contributed by atoms with Crippen LogP contribution in [-0.2, 0) is 4.79 Å². The van der Waals surface area contributed by atoms with E-state index in [0.717, 1.165) is 27.8 Å². The van der Waals surface area contributed by atoms with Crippen molar-refractivity contribution in [1.82, 2.24) is 10.2 Å². The molecule has 0 saturated carbocycles. The molecule has 0 saturated heterocycles. The minimum absolute atomic E-state index is 0.0362. The summed E-state index contributed by atoms with van der Waals surface area (Å²) in [5, 5.41) is 11.3. The van der Waals surface area contributed by atoms with Gasteiger partial charge in [-0.1, -0.05) is 6.07 Å². The second-order valence-electron chi connectivity index (χ2n) is 6.60. The van der Waals surface area contributed by atoms with Crippen LogP contribution in [0.15, 0.2) is 36.5 Å². The van der Waals surface area contributed by atoms with Gasteiger partial charge in [0.05, 0.1) is 11.7 Å². The number of anilines is 2. The highest BCUT2D eigenvalue weighted by atomic mass is 16.1. The number of carbonyl (C=O) groups is 1. The normalized spacial score (nSPS) is 16.8. The van der Waals surface area contributed by atoms with Gasteiger partial charge in [-0.3, -0.25) is 9.89 Å². The van der Waals surface area contributed by atoms with Crippen LogP contribution < -0.4 is 10.2 Å². The van der Waals surface area contributed by atoms with Gasteiger partial charge < -0.3 is 10.2 Å². The number of nitrogens with one attached hydrogen (secondary N) is 2. The number of rotatable bonds is 2. The van der Waals surface area contributed by atoms with Crippen LogP contribution >= 0.6 is 0 Å². The van der Waals surface area contributed by atoms with E-state index in [0.29, 0.717) is 6.42 Å². The van der Waals surface area contributed by atoms with Crippen molar-refractivity contribution in [3.63, 3.8) is 0 Å². The zero-order valence-electron chi connectivity index (χ0n) is 14.1. The predicted molar refractivity (Wildman–Crippen MR) is 96.7 cm³/mol. The molecule has 2 N–H and O–H groups in total. The highest BCUT2D eigenvalue weighted by molar-refractivity contribution is 6.00. The summed E-state index contributed by atoms with van der Waals surface area (Å²) < 4.78 is 0. The van der Waals surface area contributed by atoms with Crippen LogP contribution in [0.2, 0.25) is 0 Å². The molecule has 1 aliphatic rings. The van der Waals surface area contributed by atoms with E-state index in [1.54, 1.807) is 0 Å². The standard InChI is InChI=1S/C19H20N4O/c1-11-8-13(23(2)3)5-6-14(11)15-9-17(24)21-16-7-4-12-10-20-22-19(12)18(15)16/h4-8,10,15H,9H2,1-3H3,(H,20,22)(H,21,24). The minimum atomic E-state index is 0.0362. The Hall–Kier alpha value is -2.82. The van der Waals surface area contributed by atoms with Gasteiger partial charge in [0.15, 0.2) is 0 Å². The quantitative estimate of drug-likeness (QED) is 0.760. The van der Waals surface area contributed by atoms with Crippen LogP contribution in [0.4, 0.5) is 11.4 Å². The Kier molecular flexibility index (Phi) is 3.30. The average Bonchev–Trinajstić information content (AvgIpc) is 3.02. The van der Waals surface area contributed by atoms with Gasteiger partial charge in [0.1, 0.15) is 0 Å². The number of hydrogen-bond acceptors (Lipinski definition) is 3. The fraction of sp³-hybridized carbons (Fsp3) is 0.263. The summed E-state index contributed by atoms with van der Waals surface area (Å²) in [5.74, 6) is 0.0940. The number of hydrogen-bond donors (Lipinski definition) is 2.